The van der Waals surface area contributed by atoms with Crippen LogP contribution in [0.3, 0.4) is 0 Å². The average Bonchev–Trinajstić information content (AvgIpc) is 2.99. The molecule has 5 nitrogen and oxygen atoms in total. The van der Waals surface area contributed by atoms with Gasteiger partial charge in [0.05, 0.1) is 13.7 Å². The molecule has 0 unspecified atom stereocenters. The predicted molar refractivity (Wildman–Crippen MR) is 93.0 cm³/mol. The van der Waals surface area contributed by atoms with Gasteiger partial charge in [-0.3, -0.25) is 9.59 Å². The number of carbonyl (C=O) groups is 2. The first-order chi connectivity index (χ1) is 11.7. The van der Waals surface area contributed by atoms with Gasteiger partial charge in [-0.2, -0.15) is 0 Å². The lowest BCUT2D eigenvalue weighted by molar-refractivity contribution is -0.133. The van der Waals surface area contributed by atoms with Gasteiger partial charge >= 0.3 is 0 Å². The topological polar surface area (TPSA) is 58.6 Å². The molecule has 0 aliphatic carbocycles. The van der Waals surface area contributed by atoms with Crippen LogP contribution in [0.25, 0.3) is 10.8 Å². The molecule has 1 fully saturated rings. The molecule has 3 rings (SSSR count). The highest BCUT2D eigenvalue weighted by Crippen LogP contribution is 2.24. The van der Waals surface area contributed by atoms with Gasteiger partial charge in [0, 0.05) is 19.5 Å². The summed E-state index contributed by atoms with van der Waals surface area (Å²) in [6.07, 6.45) is 2.15. The second kappa shape index (κ2) is 7.34. The maximum absolute atomic E-state index is 12.0. The number of rotatable bonds is 6. The minimum absolute atomic E-state index is 0.0753. The molecule has 1 heterocycles. The quantitative estimate of drug-likeness (QED) is 0.885. The third-order valence-corrected chi connectivity index (χ3v) is 4.40. The molecule has 0 bridgehead atoms. The van der Waals surface area contributed by atoms with Crippen molar-refractivity contribution in [2.24, 2.45) is 0 Å². The molecule has 0 spiro atoms. The van der Waals surface area contributed by atoms with Gasteiger partial charge in [-0.25, -0.2) is 0 Å². The van der Waals surface area contributed by atoms with E-state index in [1.165, 1.54) is 5.56 Å². The van der Waals surface area contributed by atoms with Crippen molar-refractivity contribution in [1.29, 1.82) is 0 Å². The van der Waals surface area contributed by atoms with Crippen LogP contribution in [0, 0.1) is 0 Å². The second-order valence-electron chi connectivity index (χ2n) is 6.02. The van der Waals surface area contributed by atoms with E-state index in [9.17, 15) is 9.59 Å². The van der Waals surface area contributed by atoms with Gasteiger partial charge in [-0.1, -0.05) is 24.3 Å². The number of amides is 2. The summed E-state index contributed by atoms with van der Waals surface area (Å²) in [7, 11) is 1.66. The highest BCUT2D eigenvalue weighted by molar-refractivity contribution is 5.87. The Labute approximate surface area is 141 Å². The van der Waals surface area contributed by atoms with Crippen LogP contribution in [0.2, 0.25) is 0 Å². The van der Waals surface area contributed by atoms with Crippen molar-refractivity contribution in [3.05, 3.63) is 42.0 Å². The highest BCUT2D eigenvalue weighted by atomic mass is 16.5. The number of nitrogens with zero attached hydrogens (tertiary/aromatic N) is 1. The van der Waals surface area contributed by atoms with E-state index in [1.54, 1.807) is 12.0 Å². The lowest BCUT2D eigenvalue weighted by Gasteiger charge is -2.15. The molecule has 1 N–H and O–H groups in total. The Kier molecular flexibility index (Phi) is 4.99. The molecule has 24 heavy (non-hydrogen) atoms. The zero-order valence-electron chi connectivity index (χ0n) is 13.9. The van der Waals surface area contributed by atoms with Crippen LogP contribution in [-0.4, -0.2) is 43.5 Å². The molecular weight excluding hydrogens is 304 g/mol. The summed E-state index contributed by atoms with van der Waals surface area (Å²) in [6, 6.07) is 12.2. The van der Waals surface area contributed by atoms with E-state index in [4.69, 9.17) is 4.74 Å². The Balaban J connectivity index is 1.59. The molecule has 0 saturated carbocycles. The second-order valence-corrected chi connectivity index (χ2v) is 6.02. The van der Waals surface area contributed by atoms with E-state index in [0.29, 0.717) is 19.5 Å². The summed E-state index contributed by atoms with van der Waals surface area (Å²) in [5.41, 5.74) is 1.17. The third-order valence-electron chi connectivity index (χ3n) is 4.40. The summed E-state index contributed by atoms with van der Waals surface area (Å²) in [4.78, 5) is 25.1. The molecule has 5 heteroatoms. The molecule has 126 valence electrons. The minimum atomic E-state index is -0.0944. The van der Waals surface area contributed by atoms with Crippen LogP contribution in [0.4, 0.5) is 0 Å². The van der Waals surface area contributed by atoms with Crippen LogP contribution in [-0.2, 0) is 16.0 Å². The van der Waals surface area contributed by atoms with Crippen molar-refractivity contribution in [2.45, 2.75) is 19.3 Å². The number of likely N-dealkylation sites (tertiary alicyclic amines) is 1. The van der Waals surface area contributed by atoms with Crippen molar-refractivity contribution in [1.82, 2.24) is 10.2 Å². The molecule has 0 radical (unpaired) electrons. The summed E-state index contributed by atoms with van der Waals surface area (Å²) in [5.74, 6) is 0.806. The van der Waals surface area contributed by atoms with Crippen molar-refractivity contribution < 1.29 is 14.3 Å². The van der Waals surface area contributed by atoms with E-state index in [2.05, 4.69) is 17.4 Å². The Bertz CT molecular complexity index is 757. The van der Waals surface area contributed by atoms with Gasteiger partial charge < -0.3 is 15.0 Å². The fourth-order valence-corrected chi connectivity index (χ4v) is 3.10. The minimum Gasteiger partial charge on any atom is -0.497 e. The first-order valence-electron chi connectivity index (χ1n) is 8.27. The summed E-state index contributed by atoms with van der Waals surface area (Å²) in [5, 5.41) is 5.20. The van der Waals surface area contributed by atoms with Gasteiger partial charge in [0.2, 0.25) is 11.8 Å². The molecule has 2 amide bonds. The van der Waals surface area contributed by atoms with Gasteiger partial charge in [0.1, 0.15) is 5.75 Å². The number of hydrogen-bond acceptors (Lipinski definition) is 3. The van der Waals surface area contributed by atoms with Crippen LogP contribution < -0.4 is 10.1 Å². The first kappa shape index (κ1) is 16.3. The Hall–Kier alpha value is -2.56. The van der Waals surface area contributed by atoms with E-state index in [1.807, 2.05) is 24.3 Å². The fraction of sp³-hybridized carbons (Fsp3) is 0.368. The number of methoxy groups -OCH3 is 1. The SMILES string of the molecule is COc1ccc2cccc(CCNC(=O)CN3CCCC3=O)c2c1. The Morgan fingerprint density at radius 3 is 2.92 bits per heavy atom. The standard InChI is InChI=1S/C19H22N2O3/c1-24-16-8-7-14-4-2-5-15(17(14)12-16)9-10-20-18(22)13-21-11-3-6-19(21)23/h2,4-5,7-8,12H,3,6,9-11,13H2,1H3,(H,20,22). The number of ether oxygens (including phenoxy) is 1. The van der Waals surface area contributed by atoms with E-state index in [-0.39, 0.29) is 18.4 Å². The van der Waals surface area contributed by atoms with E-state index in [0.717, 1.165) is 29.4 Å². The van der Waals surface area contributed by atoms with Gasteiger partial charge in [0.15, 0.2) is 0 Å². The molecular formula is C19H22N2O3. The smallest absolute Gasteiger partial charge is 0.239 e. The number of nitrogens with one attached hydrogen (secondary N) is 1. The Morgan fingerprint density at radius 2 is 2.17 bits per heavy atom. The molecule has 0 aromatic heterocycles. The summed E-state index contributed by atoms with van der Waals surface area (Å²) >= 11 is 0. The van der Waals surface area contributed by atoms with Crippen LogP contribution in [0.15, 0.2) is 36.4 Å². The van der Waals surface area contributed by atoms with Crippen molar-refractivity contribution in [3.63, 3.8) is 0 Å². The van der Waals surface area contributed by atoms with Crippen LogP contribution in [0.1, 0.15) is 18.4 Å². The number of carbonyl (C=O) groups excluding carboxylic acids is 2. The van der Waals surface area contributed by atoms with Gasteiger partial charge in [0.25, 0.3) is 0 Å². The monoisotopic (exact) mass is 326 g/mol. The number of benzene rings is 2. The first-order valence-corrected chi connectivity index (χ1v) is 8.27. The zero-order valence-corrected chi connectivity index (χ0v) is 13.9. The Morgan fingerprint density at radius 1 is 1.29 bits per heavy atom. The zero-order chi connectivity index (χ0) is 16.9. The molecule has 2 aromatic rings. The molecule has 2 aromatic carbocycles. The van der Waals surface area contributed by atoms with E-state index < -0.39 is 0 Å². The van der Waals surface area contributed by atoms with Crippen molar-refractivity contribution in [2.75, 3.05) is 26.7 Å². The predicted octanol–water partition coefficient (Wildman–Crippen LogP) is 2.13. The van der Waals surface area contributed by atoms with Gasteiger partial charge in [-0.15, -0.1) is 0 Å². The van der Waals surface area contributed by atoms with Crippen molar-refractivity contribution in [3.8, 4) is 5.75 Å². The third kappa shape index (κ3) is 3.67. The van der Waals surface area contributed by atoms with Gasteiger partial charge in [-0.05, 0) is 41.3 Å². The largest absolute Gasteiger partial charge is 0.497 e. The number of hydrogen-bond donors (Lipinski definition) is 1. The van der Waals surface area contributed by atoms with Crippen LogP contribution in [0.5, 0.6) is 5.75 Å². The maximum Gasteiger partial charge on any atom is 0.239 e. The normalized spacial score (nSPS) is 14.2. The molecule has 1 saturated heterocycles. The lowest BCUT2D eigenvalue weighted by atomic mass is 10.0. The highest BCUT2D eigenvalue weighted by Gasteiger charge is 2.21. The maximum atomic E-state index is 12.0. The molecule has 1 aliphatic heterocycles. The molecule has 0 atom stereocenters. The van der Waals surface area contributed by atoms with Crippen molar-refractivity contribution >= 4 is 22.6 Å². The molecule has 1 aliphatic rings. The van der Waals surface area contributed by atoms with Crippen LogP contribution >= 0.6 is 0 Å². The average molecular weight is 326 g/mol. The summed E-state index contributed by atoms with van der Waals surface area (Å²) < 4.78 is 5.30. The lowest BCUT2D eigenvalue weighted by Crippen LogP contribution is -2.38. The summed E-state index contributed by atoms with van der Waals surface area (Å²) in [6.45, 7) is 1.41. The number of fused-ring (bicyclic) bond motifs is 1. The van der Waals surface area contributed by atoms with E-state index >= 15 is 0 Å². The fourth-order valence-electron chi connectivity index (χ4n) is 3.10.